The number of rotatable bonds is 3. The van der Waals surface area contributed by atoms with Gasteiger partial charge in [0.05, 0.1) is 20.1 Å². The SMILES string of the molecule is FC(F)Oc1cccc(Cl)c1-c1ccc(Cl)c(Cl)c1Cl. The van der Waals surface area contributed by atoms with E-state index >= 15 is 0 Å². The van der Waals surface area contributed by atoms with Crippen molar-refractivity contribution < 1.29 is 13.5 Å². The first-order chi connectivity index (χ1) is 9.41. The Hall–Kier alpha value is -0.740. The summed E-state index contributed by atoms with van der Waals surface area (Å²) >= 11 is 23.9. The van der Waals surface area contributed by atoms with Gasteiger partial charge < -0.3 is 4.74 Å². The van der Waals surface area contributed by atoms with Gasteiger partial charge in [-0.2, -0.15) is 8.78 Å². The minimum absolute atomic E-state index is 0.0900. The highest BCUT2D eigenvalue weighted by molar-refractivity contribution is 6.49. The third-order valence-corrected chi connectivity index (χ3v) is 4.10. The maximum atomic E-state index is 12.4. The molecule has 0 unspecified atom stereocenters. The van der Waals surface area contributed by atoms with Gasteiger partial charge in [-0.15, -0.1) is 0 Å². The molecule has 0 aliphatic carbocycles. The summed E-state index contributed by atoms with van der Waals surface area (Å²) in [5.74, 6) is -0.0900. The van der Waals surface area contributed by atoms with Crippen molar-refractivity contribution in [3.63, 3.8) is 0 Å². The Morgan fingerprint density at radius 1 is 0.850 bits per heavy atom. The molecule has 7 heteroatoms. The Morgan fingerprint density at radius 2 is 1.55 bits per heavy atom. The molecular weight excluding hydrogens is 352 g/mol. The molecule has 0 spiro atoms. The van der Waals surface area contributed by atoms with Gasteiger partial charge in [0.15, 0.2) is 0 Å². The van der Waals surface area contributed by atoms with Crippen LogP contribution in [0.5, 0.6) is 5.75 Å². The van der Waals surface area contributed by atoms with Crippen molar-refractivity contribution in [2.75, 3.05) is 0 Å². The maximum absolute atomic E-state index is 12.4. The van der Waals surface area contributed by atoms with E-state index in [9.17, 15) is 8.78 Å². The average molecular weight is 358 g/mol. The molecule has 0 radical (unpaired) electrons. The summed E-state index contributed by atoms with van der Waals surface area (Å²) < 4.78 is 29.3. The normalized spacial score (nSPS) is 10.9. The molecule has 0 amide bonds. The van der Waals surface area contributed by atoms with Gasteiger partial charge in [0.2, 0.25) is 0 Å². The van der Waals surface area contributed by atoms with E-state index < -0.39 is 6.61 Å². The summed E-state index contributed by atoms with van der Waals surface area (Å²) in [6.45, 7) is -2.98. The van der Waals surface area contributed by atoms with E-state index in [-0.39, 0.29) is 31.4 Å². The number of hydrogen-bond acceptors (Lipinski definition) is 1. The fourth-order valence-electron chi connectivity index (χ4n) is 1.68. The number of ether oxygens (including phenoxy) is 1. The van der Waals surface area contributed by atoms with Crippen LogP contribution in [0.4, 0.5) is 8.78 Å². The van der Waals surface area contributed by atoms with Gasteiger partial charge in [0.1, 0.15) is 5.75 Å². The van der Waals surface area contributed by atoms with Crippen LogP contribution < -0.4 is 4.74 Å². The van der Waals surface area contributed by atoms with Crippen molar-refractivity contribution in [3.8, 4) is 16.9 Å². The fourth-order valence-corrected chi connectivity index (χ4v) is 2.58. The average Bonchev–Trinajstić information content (AvgIpc) is 2.37. The van der Waals surface area contributed by atoms with Crippen molar-refractivity contribution in [2.24, 2.45) is 0 Å². The summed E-state index contributed by atoms with van der Waals surface area (Å²) in [5.41, 5.74) is 0.598. The number of benzene rings is 2. The smallest absolute Gasteiger partial charge is 0.387 e. The summed E-state index contributed by atoms with van der Waals surface area (Å²) in [6.07, 6.45) is 0. The highest BCUT2D eigenvalue weighted by Crippen LogP contribution is 2.44. The molecule has 0 heterocycles. The van der Waals surface area contributed by atoms with E-state index in [1.54, 1.807) is 0 Å². The van der Waals surface area contributed by atoms with Crippen LogP contribution in [0.15, 0.2) is 30.3 Å². The Labute approximate surface area is 134 Å². The van der Waals surface area contributed by atoms with Crippen molar-refractivity contribution in [1.29, 1.82) is 0 Å². The molecular formula is C13H6Cl4F2O. The zero-order valence-electron chi connectivity index (χ0n) is 9.64. The largest absolute Gasteiger partial charge is 0.434 e. The fraction of sp³-hybridized carbons (Fsp3) is 0.0769. The zero-order chi connectivity index (χ0) is 14.9. The molecule has 0 aliphatic heterocycles. The molecule has 0 bridgehead atoms. The number of alkyl halides is 2. The molecule has 0 N–H and O–H groups in total. The number of hydrogen-bond donors (Lipinski definition) is 0. The summed E-state index contributed by atoms with van der Waals surface area (Å²) in [6, 6.07) is 7.44. The van der Waals surface area contributed by atoms with Crippen molar-refractivity contribution >= 4 is 46.4 Å². The molecule has 0 aromatic heterocycles. The summed E-state index contributed by atoms with van der Waals surface area (Å²) in [5, 5.41) is 0.701. The first-order valence-corrected chi connectivity index (χ1v) is 6.80. The van der Waals surface area contributed by atoms with E-state index in [0.717, 1.165) is 0 Å². The molecule has 0 aliphatic rings. The van der Waals surface area contributed by atoms with E-state index in [0.29, 0.717) is 5.56 Å². The summed E-state index contributed by atoms with van der Waals surface area (Å²) in [7, 11) is 0. The molecule has 1 nitrogen and oxygen atoms in total. The van der Waals surface area contributed by atoms with E-state index in [1.807, 2.05) is 0 Å². The van der Waals surface area contributed by atoms with E-state index in [4.69, 9.17) is 46.4 Å². The lowest BCUT2D eigenvalue weighted by Gasteiger charge is -2.14. The van der Waals surface area contributed by atoms with Gasteiger partial charge in [-0.25, -0.2) is 0 Å². The van der Waals surface area contributed by atoms with Crippen LogP contribution in [-0.4, -0.2) is 6.61 Å². The van der Waals surface area contributed by atoms with E-state index in [2.05, 4.69) is 4.74 Å². The molecule has 2 rings (SSSR count). The maximum Gasteiger partial charge on any atom is 0.387 e. The lowest BCUT2D eigenvalue weighted by molar-refractivity contribution is -0.0494. The second-order valence-corrected chi connectivity index (χ2v) is 5.28. The molecule has 0 fully saturated rings. The van der Waals surface area contributed by atoms with Crippen LogP contribution in [0, 0.1) is 0 Å². The van der Waals surface area contributed by atoms with Gasteiger partial charge in [-0.05, 0) is 18.2 Å². The van der Waals surface area contributed by atoms with Crippen LogP contribution >= 0.6 is 46.4 Å². The van der Waals surface area contributed by atoms with Gasteiger partial charge in [0, 0.05) is 11.1 Å². The van der Waals surface area contributed by atoms with Crippen LogP contribution in [0.1, 0.15) is 0 Å². The Morgan fingerprint density at radius 3 is 2.20 bits per heavy atom. The van der Waals surface area contributed by atoms with Gasteiger partial charge >= 0.3 is 6.61 Å². The van der Waals surface area contributed by atoms with Crippen molar-refractivity contribution in [1.82, 2.24) is 0 Å². The van der Waals surface area contributed by atoms with Crippen LogP contribution in [-0.2, 0) is 0 Å². The molecule has 0 saturated carbocycles. The van der Waals surface area contributed by atoms with Gasteiger partial charge in [-0.1, -0.05) is 58.5 Å². The Balaban J connectivity index is 2.66. The second-order valence-electron chi connectivity index (χ2n) is 3.71. The second kappa shape index (κ2) is 6.35. The lowest BCUT2D eigenvalue weighted by Crippen LogP contribution is -2.03. The van der Waals surface area contributed by atoms with E-state index in [1.165, 1.54) is 30.3 Å². The van der Waals surface area contributed by atoms with Crippen molar-refractivity contribution in [3.05, 3.63) is 50.4 Å². The van der Waals surface area contributed by atoms with Crippen LogP contribution in [0.25, 0.3) is 11.1 Å². The minimum atomic E-state index is -2.98. The van der Waals surface area contributed by atoms with Gasteiger partial charge in [0.25, 0.3) is 0 Å². The monoisotopic (exact) mass is 356 g/mol. The summed E-state index contributed by atoms with van der Waals surface area (Å²) in [4.78, 5) is 0. The Bertz CT molecular complexity index is 647. The first kappa shape index (κ1) is 15.6. The van der Waals surface area contributed by atoms with Crippen molar-refractivity contribution in [2.45, 2.75) is 6.61 Å². The minimum Gasteiger partial charge on any atom is -0.434 e. The topological polar surface area (TPSA) is 9.23 Å². The third kappa shape index (κ3) is 3.12. The standard InChI is InChI=1S/C13H6Cl4F2O/c14-7-2-1-3-9(20-13(18)19)10(7)6-4-5-8(15)12(17)11(6)16/h1-5,13H. The highest BCUT2D eigenvalue weighted by atomic mass is 35.5. The third-order valence-electron chi connectivity index (χ3n) is 2.50. The first-order valence-electron chi connectivity index (χ1n) is 5.29. The molecule has 0 atom stereocenters. The van der Waals surface area contributed by atoms with Gasteiger partial charge in [-0.3, -0.25) is 0 Å². The molecule has 2 aromatic carbocycles. The lowest BCUT2D eigenvalue weighted by atomic mass is 10.0. The zero-order valence-corrected chi connectivity index (χ0v) is 12.7. The molecule has 106 valence electrons. The van der Waals surface area contributed by atoms with Crippen LogP contribution in [0.2, 0.25) is 20.1 Å². The molecule has 2 aromatic rings. The Kier molecular flexibility index (Phi) is 4.97. The molecule has 20 heavy (non-hydrogen) atoms. The quantitative estimate of drug-likeness (QED) is 0.564. The predicted octanol–water partition coefficient (Wildman–Crippen LogP) is 6.57. The highest BCUT2D eigenvalue weighted by Gasteiger charge is 2.19. The van der Waals surface area contributed by atoms with Crippen LogP contribution in [0.3, 0.4) is 0 Å². The predicted molar refractivity (Wildman–Crippen MR) is 78.5 cm³/mol. The molecule has 0 saturated heterocycles. The number of halogens is 6.